The molecule has 1 aromatic rings. The molecule has 0 saturated heterocycles. The molecule has 1 saturated carbocycles. The maximum absolute atomic E-state index is 6.08. The predicted octanol–water partition coefficient (Wildman–Crippen LogP) is 4.08. The highest BCUT2D eigenvalue weighted by atomic mass is 35.5. The molecule has 0 radical (unpaired) electrons. The third-order valence-corrected chi connectivity index (χ3v) is 4.44. The SMILES string of the molecule is ClC1CCC(SCc2ccccc2)C1. The summed E-state index contributed by atoms with van der Waals surface area (Å²) in [5, 5.41) is 1.22. The van der Waals surface area contributed by atoms with E-state index in [4.69, 9.17) is 11.6 Å². The molecule has 1 fully saturated rings. The molecule has 0 nitrogen and oxygen atoms in total. The van der Waals surface area contributed by atoms with Crippen molar-refractivity contribution in [3.05, 3.63) is 35.9 Å². The summed E-state index contributed by atoms with van der Waals surface area (Å²) in [5.41, 5.74) is 1.43. The van der Waals surface area contributed by atoms with Crippen molar-refractivity contribution in [1.82, 2.24) is 0 Å². The Bertz CT molecular complexity index is 273. The average Bonchev–Trinajstić information content (AvgIpc) is 2.63. The normalized spacial score (nSPS) is 26.6. The topological polar surface area (TPSA) is 0 Å². The van der Waals surface area contributed by atoms with E-state index < -0.39 is 0 Å². The van der Waals surface area contributed by atoms with Crippen molar-refractivity contribution in [3.8, 4) is 0 Å². The molecule has 1 aromatic carbocycles. The largest absolute Gasteiger partial charge is 0.154 e. The lowest BCUT2D eigenvalue weighted by Crippen LogP contribution is -1.97. The molecule has 0 heterocycles. The van der Waals surface area contributed by atoms with Crippen LogP contribution in [0.5, 0.6) is 0 Å². The Balaban J connectivity index is 1.78. The van der Waals surface area contributed by atoms with Crippen LogP contribution in [0.3, 0.4) is 0 Å². The van der Waals surface area contributed by atoms with Crippen molar-refractivity contribution in [3.63, 3.8) is 0 Å². The standard InChI is InChI=1S/C12H15ClS/c13-11-6-7-12(8-11)14-9-10-4-2-1-3-5-10/h1-5,11-12H,6-9H2. The average molecular weight is 227 g/mol. The van der Waals surface area contributed by atoms with Crippen molar-refractivity contribution < 1.29 is 0 Å². The van der Waals surface area contributed by atoms with Gasteiger partial charge in [-0.25, -0.2) is 0 Å². The fraction of sp³-hybridized carbons (Fsp3) is 0.500. The van der Waals surface area contributed by atoms with Gasteiger partial charge in [-0.2, -0.15) is 11.8 Å². The molecule has 0 amide bonds. The summed E-state index contributed by atoms with van der Waals surface area (Å²) in [5.74, 6) is 1.13. The molecule has 2 atom stereocenters. The predicted molar refractivity (Wildman–Crippen MR) is 65.0 cm³/mol. The highest BCUT2D eigenvalue weighted by Gasteiger charge is 2.22. The number of halogens is 1. The molecule has 1 aliphatic carbocycles. The summed E-state index contributed by atoms with van der Waals surface area (Å²) in [4.78, 5) is 0. The van der Waals surface area contributed by atoms with Crippen LogP contribution in [-0.4, -0.2) is 10.6 Å². The van der Waals surface area contributed by atoms with Gasteiger partial charge in [0, 0.05) is 16.4 Å². The van der Waals surface area contributed by atoms with Gasteiger partial charge >= 0.3 is 0 Å². The van der Waals surface area contributed by atoms with Crippen LogP contribution in [0.1, 0.15) is 24.8 Å². The summed E-state index contributed by atoms with van der Waals surface area (Å²) in [6.07, 6.45) is 3.69. The zero-order valence-corrected chi connectivity index (χ0v) is 9.73. The second kappa shape index (κ2) is 5.09. The second-order valence-electron chi connectivity index (χ2n) is 3.83. The minimum Gasteiger partial charge on any atom is -0.154 e. The van der Waals surface area contributed by atoms with Crippen molar-refractivity contribution in [2.75, 3.05) is 0 Å². The molecule has 0 bridgehead atoms. The fourth-order valence-corrected chi connectivity index (χ4v) is 3.57. The lowest BCUT2D eigenvalue weighted by atomic mass is 10.2. The highest BCUT2D eigenvalue weighted by molar-refractivity contribution is 7.99. The van der Waals surface area contributed by atoms with Gasteiger partial charge in [-0.3, -0.25) is 0 Å². The maximum atomic E-state index is 6.08. The maximum Gasteiger partial charge on any atom is 0.0347 e. The molecule has 2 heteroatoms. The van der Waals surface area contributed by atoms with E-state index >= 15 is 0 Å². The lowest BCUT2D eigenvalue weighted by Gasteiger charge is -2.08. The Morgan fingerprint density at radius 3 is 2.64 bits per heavy atom. The summed E-state index contributed by atoms with van der Waals surface area (Å²) in [6, 6.07) is 10.7. The molecule has 2 rings (SSSR count). The van der Waals surface area contributed by atoms with Gasteiger partial charge in [-0.1, -0.05) is 30.3 Å². The summed E-state index contributed by atoms with van der Waals surface area (Å²) in [6.45, 7) is 0. The zero-order chi connectivity index (χ0) is 9.80. The molecule has 1 aliphatic rings. The summed E-state index contributed by atoms with van der Waals surface area (Å²) in [7, 11) is 0. The molecule has 76 valence electrons. The Morgan fingerprint density at radius 2 is 2.00 bits per heavy atom. The van der Waals surface area contributed by atoms with Crippen molar-refractivity contribution in [2.45, 2.75) is 35.6 Å². The molecule has 14 heavy (non-hydrogen) atoms. The molecule has 0 spiro atoms. The smallest absolute Gasteiger partial charge is 0.0347 e. The number of thioether (sulfide) groups is 1. The summed E-state index contributed by atoms with van der Waals surface area (Å²) < 4.78 is 0. The van der Waals surface area contributed by atoms with E-state index in [0.717, 1.165) is 11.0 Å². The number of alkyl halides is 1. The van der Waals surface area contributed by atoms with E-state index in [-0.39, 0.29) is 0 Å². The Morgan fingerprint density at radius 1 is 1.21 bits per heavy atom. The van der Waals surface area contributed by atoms with Crippen LogP contribution in [0.4, 0.5) is 0 Å². The van der Waals surface area contributed by atoms with Crippen molar-refractivity contribution in [1.29, 1.82) is 0 Å². The molecular formula is C12H15ClS. The molecule has 0 aliphatic heterocycles. The minimum absolute atomic E-state index is 0.434. The first-order valence-corrected chi connectivity index (χ1v) is 6.63. The van der Waals surface area contributed by atoms with Crippen molar-refractivity contribution in [2.24, 2.45) is 0 Å². The van der Waals surface area contributed by atoms with Gasteiger partial charge in [0.25, 0.3) is 0 Å². The van der Waals surface area contributed by atoms with Gasteiger partial charge < -0.3 is 0 Å². The van der Waals surface area contributed by atoms with Crippen LogP contribution in [-0.2, 0) is 5.75 Å². The lowest BCUT2D eigenvalue weighted by molar-refractivity contribution is 0.894. The first-order valence-electron chi connectivity index (χ1n) is 5.14. The summed E-state index contributed by atoms with van der Waals surface area (Å²) >= 11 is 8.13. The second-order valence-corrected chi connectivity index (χ2v) is 5.73. The molecule has 0 aromatic heterocycles. The van der Waals surface area contributed by atoms with Crippen LogP contribution in [0.15, 0.2) is 30.3 Å². The number of hydrogen-bond donors (Lipinski definition) is 0. The van der Waals surface area contributed by atoms with Gasteiger partial charge in [0.15, 0.2) is 0 Å². The third-order valence-electron chi connectivity index (χ3n) is 2.65. The quantitative estimate of drug-likeness (QED) is 0.700. The first kappa shape index (κ1) is 10.4. The van der Waals surface area contributed by atoms with E-state index in [1.165, 1.54) is 24.8 Å². The number of benzene rings is 1. The Hall–Kier alpha value is -0.140. The van der Waals surface area contributed by atoms with Crippen LogP contribution in [0, 0.1) is 0 Å². The molecular weight excluding hydrogens is 212 g/mol. The van der Waals surface area contributed by atoms with E-state index in [2.05, 4.69) is 42.1 Å². The van der Waals surface area contributed by atoms with Gasteiger partial charge in [0.05, 0.1) is 0 Å². The van der Waals surface area contributed by atoms with Gasteiger partial charge in [-0.05, 0) is 24.8 Å². The monoisotopic (exact) mass is 226 g/mol. The number of rotatable bonds is 3. The fourth-order valence-electron chi connectivity index (χ4n) is 1.83. The Kier molecular flexibility index (Phi) is 3.77. The van der Waals surface area contributed by atoms with Gasteiger partial charge in [0.2, 0.25) is 0 Å². The van der Waals surface area contributed by atoms with Crippen LogP contribution in [0.2, 0.25) is 0 Å². The number of hydrogen-bond acceptors (Lipinski definition) is 1. The third kappa shape index (κ3) is 2.93. The van der Waals surface area contributed by atoms with Crippen LogP contribution >= 0.6 is 23.4 Å². The minimum atomic E-state index is 0.434. The highest BCUT2D eigenvalue weighted by Crippen LogP contribution is 2.34. The first-order chi connectivity index (χ1) is 6.84. The van der Waals surface area contributed by atoms with Crippen LogP contribution < -0.4 is 0 Å². The zero-order valence-electron chi connectivity index (χ0n) is 8.16. The van der Waals surface area contributed by atoms with E-state index in [9.17, 15) is 0 Å². The van der Waals surface area contributed by atoms with Crippen molar-refractivity contribution >= 4 is 23.4 Å². The van der Waals surface area contributed by atoms with Gasteiger partial charge in [-0.15, -0.1) is 11.6 Å². The van der Waals surface area contributed by atoms with Crippen LogP contribution in [0.25, 0.3) is 0 Å². The molecule has 0 N–H and O–H groups in total. The van der Waals surface area contributed by atoms with E-state index in [0.29, 0.717) is 5.38 Å². The van der Waals surface area contributed by atoms with E-state index in [1.807, 2.05) is 0 Å². The van der Waals surface area contributed by atoms with E-state index in [1.54, 1.807) is 0 Å². The Labute approximate surface area is 95.0 Å². The molecule has 2 unspecified atom stereocenters. The van der Waals surface area contributed by atoms with Gasteiger partial charge in [0.1, 0.15) is 0 Å².